The van der Waals surface area contributed by atoms with Gasteiger partial charge in [-0.3, -0.25) is 0 Å². The van der Waals surface area contributed by atoms with Crippen LogP contribution >= 0.6 is 0 Å². The topological polar surface area (TPSA) is 54.0 Å². The number of hydrogen-bond acceptors (Lipinski definition) is 5. The quantitative estimate of drug-likeness (QED) is 0.259. The number of methoxy groups -OCH3 is 2. The molecule has 0 aromatic heterocycles. The highest BCUT2D eigenvalue weighted by molar-refractivity contribution is 6.74. The molecular formula is C25H34O5Si. The number of ether oxygens (including phenoxy) is 3. The third-order valence-electron chi connectivity index (χ3n) is 5.77. The second-order valence-electron chi connectivity index (χ2n) is 8.90. The Labute approximate surface area is 186 Å². The minimum Gasteiger partial charge on any atom is -0.543 e. The van der Waals surface area contributed by atoms with Gasteiger partial charge in [0.25, 0.3) is 8.32 Å². The number of allylic oxidation sites excluding steroid dienone is 1. The van der Waals surface area contributed by atoms with Gasteiger partial charge in [-0.15, -0.1) is 6.58 Å². The molecule has 0 N–H and O–H groups in total. The molecule has 0 heterocycles. The van der Waals surface area contributed by atoms with Crippen LogP contribution in [0.4, 0.5) is 0 Å². The molecule has 0 radical (unpaired) electrons. The summed E-state index contributed by atoms with van der Waals surface area (Å²) < 4.78 is 23.3. The van der Waals surface area contributed by atoms with Crippen LogP contribution in [-0.4, -0.2) is 35.1 Å². The number of hydrogen-bond donors (Lipinski definition) is 0. The molecule has 0 aliphatic heterocycles. The molecule has 0 aliphatic rings. The molecule has 0 atom stereocenters. The summed E-state index contributed by atoms with van der Waals surface area (Å²) in [5.41, 5.74) is 1.18. The van der Waals surface area contributed by atoms with Gasteiger partial charge in [0.05, 0.1) is 19.8 Å². The summed E-state index contributed by atoms with van der Waals surface area (Å²) >= 11 is 0. The molecule has 0 fully saturated rings. The van der Waals surface area contributed by atoms with E-state index >= 15 is 0 Å². The minimum atomic E-state index is -2.25. The monoisotopic (exact) mass is 442 g/mol. The van der Waals surface area contributed by atoms with Gasteiger partial charge < -0.3 is 18.6 Å². The summed E-state index contributed by atoms with van der Waals surface area (Å²) in [7, 11) is 0.959. The molecule has 2 aromatic carbocycles. The standard InChI is InChI=1S/C25H34O5Si/c1-10-12-18-21(24(26)29-13-11-2)16-19-20(14-17(27-6)15-22(19)28-7)23(18)30-31(8,9)25(3,4)5/h10-11,14-16H,1-2,12-13H2,3-9H3. The Morgan fingerprint density at radius 3 is 2.23 bits per heavy atom. The lowest BCUT2D eigenvalue weighted by Gasteiger charge is -2.37. The Balaban J connectivity index is 2.95. The Morgan fingerprint density at radius 1 is 1.03 bits per heavy atom. The number of carbonyl (C=O) groups excluding carboxylic acids is 1. The SMILES string of the molecule is C=CCOC(=O)c1cc2c(OC)cc(OC)cc2c(O[Si](C)(C)C(C)(C)C)c1CC=C. The smallest absolute Gasteiger partial charge is 0.338 e. The molecule has 0 saturated heterocycles. The van der Waals surface area contributed by atoms with Crippen molar-refractivity contribution in [1.82, 2.24) is 0 Å². The minimum absolute atomic E-state index is 0.0346. The number of esters is 1. The van der Waals surface area contributed by atoms with Crippen molar-refractivity contribution in [3.05, 3.63) is 54.6 Å². The summed E-state index contributed by atoms with van der Waals surface area (Å²) in [4.78, 5) is 13.0. The molecule has 0 unspecified atom stereocenters. The van der Waals surface area contributed by atoms with E-state index in [9.17, 15) is 4.79 Å². The van der Waals surface area contributed by atoms with Crippen LogP contribution in [0.15, 0.2) is 43.5 Å². The van der Waals surface area contributed by atoms with Crippen molar-refractivity contribution >= 4 is 25.1 Å². The molecule has 0 aliphatic carbocycles. The Kier molecular flexibility index (Phi) is 7.60. The number of fused-ring (bicyclic) bond motifs is 1. The van der Waals surface area contributed by atoms with Gasteiger partial charge in [-0.1, -0.05) is 39.5 Å². The van der Waals surface area contributed by atoms with E-state index in [0.717, 1.165) is 16.3 Å². The van der Waals surface area contributed by atoms with E-state index in [1.165, 1.54) is 0 Å². The van der Waals surface area contributed by atoms with Crippen molar-refractivity contribution in [3.63, 3.8) is 0 Å². The molecule has 0 saturated carbocycles. The van der Waals surface area contributed by atoms with E-state index in [1.54, 1.807) is 38.5 Å². The fourth-order valence-corrected chi connectivity index (χ4v) is 4.06. The zero-order valence-corrected chi connectivity index (χ0v) is 20.8. The first-order valence-corrected chi connectivity index (χ1v) is 13.2. The highest BCUT2D eigenvalue weighted by Gasteiger charge is 2.40. The van der Waals surface area contributed by atoms with Crippen molar-refractivity contribution in [2.24, 2.45) is 0 Å². The lowest BCUT2D eigenvalue weighted by atomic mass is 9.96. The van der Waals surface area contributed by atoms with E-state index in [2.05, 4.69) is 47.0 Å². The largest absolute Gasteiger partial charge is 0.543 e. The van der Waals surface area contributed by atoms with Gasteiger partial charge >= 0.3 is 5.97 Å². The van der Waals surface area contributed by atoms with E-state index in [0.29, 0.717) is 29.2 Å². The van der Waals surface area contributed by atoms with Crippen molar-refractivity contribution < 1.29 is 23.4 Å². The van der Waals surface area contributed by atoms with Crippen LogP contribution in [0.3, 0.4) is 0 Å². The van der Waals surface area contributed by atoms with Gasteiger partial charge in [-0.25, -0.2) is 4.79 Å². The molecule has 2 aromatic rings. The second kappa shape index (κ2) is 9.60. The van der Waals surface area contributed by atoms with Crippen LogP contribution < -0.4 is 13.9 Å². The first kappa shape index (κ1) is 24.5. The summed E-state index contributed by atoms with van der Waals surface area (Å²) in [5.74, 6) is 1.47. The molecule has 168 valence electrons. The zero-order valence-electron chi connectivity index (χ0n) is 19.8. The van der Waals surface area contributed by atoms with Crippen molar-refractivity contribution in [3.8, 4) is 17.2 Å². The highest BCUT2D eigenvalue weighted by atomic mass is 28.4. The van der Waals surface area contributed by atoms with Gasteiger partial charge in [0.1, 0.15) is 23.9 Å². The van der Waals surface area contributed by atoms with Crippen molar-refractivity contribution in [2.75, 3.05) is 20.8 Å². The fraction of sp³-hybridized carbons (Fsp3) is 0.400. The molecule has 0 amide bonds. The lowest BCUT2D eigenvalue weighted by molar-refractivity contribution is 0.0548. The van der Waals surface area contributed by atoms with E-state index in [-0.39, 0.29) is 11.6 Å². The first-order valence-electron chi connectivity index (χ1n) is 10.3. The van der Waals surface area contributed by atoms with Crippen LogP contribution in [0.5, 0.6) is 17.2 Å². The molecule has 0 bridgehead atoms. The third-order valence-corrected chi connectivity index (χ3v) is 10.1. The van der Waals surface area contributed by atoms with E-state index in [4.69, 9.17) is 18.6 Å². The molecule has 6 heteroatoms. The maximum absolute atomic E-state index is 13.0. The van der Waals surface area contributed by atoms with Crippen LogP contribution in [0.1, 0.15) is 36.7 Å². The molecule has 2 rings (SSSR count). The van der Waals surface area contributed by atoms with Gasteiger partial charge in [-0.05, 0) is 36.7 Å². The van der Waals surface area contributed by atoms with Crippen LogP contribution in [0, 0.1) is 0 Å². The predicted octanol–water partition coefficient (Wildman–Crippen LogP) is 6.31. The summed E-state index contributed by atoms with van der Waals surface area (Å²) in [6.07, 6.45) is 3.77. The van der Waals surface area contributed by atoms with Gasteiger partial charge in [0.15, 0.2) is 0 Å². The Hall–Kier alpha value is -2.73. The maximum atomic E-state index is 13.0. The summed E-state index contributed by atoms with van der Waals surface area (Å²) in [6.45, 7) is 18.5. The Morgan fingerprint density at radius 2 is 1.71 bits per heavy atom. The first-order chi connectivity index (χ1) is 14.5. The third kappa shape index (κ3) is 5.13. The van der Waals surface area contributed by atoms with E-state index in [1.807, 2.05) is 6.07 Å². The van der Waals surface area contributed by atoms with Gasteiger partial charge in [0.2, 0.25) is 0 Å². The van der Waals surface area contributed by atoms with Gasteiger partial charge in [-0.2, -0.15) is 0 Å². The predicted molar refractivity (Wildman–Crippen MR) is 129 cm³/mol. The maximum Gasteiger partial charge on any atom is 0.338 e. The average Bonchev–Trinajstić information content (AvgIpc) is 2.71. The summed E-state index contributed by atoms with van der Waals surface area (Å²) in [6, 6.07) is 5.52. The van der Waals surface area contributed by atoms with E-state index < -0.39 is 14.3 Å². The number of carbonyl (C=O) groups is 1. The van der Waals surface area contributed by atoms with Gasteiger partial charge in [0, 0.05) is 22.4 Å². The Bertz CT molecular complexity index is 986. The molecule has 0 spiro atoms. The molecule has 31 heavy (non-hydrogen) atoms. The van der Waals surface area contributed by atoms with Crippen molar-refractivity contribution in [2.45, 2.75) is 45.3 Å². The molecule has 5 nitrogen and oxygen atoms in total. The summed E-state index contributed by atoms with van der Waals surface area (Å²) in [5, 5.41) is 1.56. The normalized spacial score (nSPS) is 11.7. The zero-order chi connectivity index (χ0) is 23.4. The molecular weight excluding hydrogens is 408 g/mol. The number of benzene rings is 2. The van der Waals surface area contributed by atoms with Crippen LogP contribution in [0.2, 0.25) is 18.1 Å². The average molecular weight is 443 g/mol. The number of rotatable bonds is 9. The lowest BCUT2D eigenvalue weighted by Crippen LogP contribution is -2.44. The fourth-order valence-electron chi connectivity index (χ4n) is 3.01. The van der Waals surface area contributed by atoms with Crippen LogP contribution in [0.25, 0.3) is 10.8 Å². The second-order valence-corrected chi connectivity index (χ2v) is 13.6. The highest BCUT2D eigenvalue weighted by Crippen LogP contribution is 2.45. The van der Waals surface area contributed by atoms with Crippen molar-refractivity contribution in [1.29, 1.82) is 0 Å². The van der Waals surface area contributed by atoms with Crippen LogP contribution in [-0.2, 0) is 11.2 Å².